The first-order chi connectivity index (χ1) is 18.1. The van der Waals surface area contributed by atoms with Gasteiger partial charge in [-0.2, -0.15) is 0 Å². The Balaban J connectivity index is 1.48. The highest BCUT2D eigenvalue weighted by molar-refractivity contribution is 5.81. The molecule has 2 aromatic heterocycles. The van der Waals surface area contributed by atoms with Gasteiger partial charge in [0.1, 0.15) is 0 Å². The van der Waals surface area contributed by atoms with Gasteiger partial charge in [0.15, 0.2) is 5.82 Å². The van der Waals surface area contributed by atoms with E-state index in [9.17, 15) is 4.79 Å². The molecule has 37 heavy (non-hydrogen) atoms. The van der Waals surface area contributed by atoms with Gasteiger partial charge in [-0.05, 0) is 58.3 Å². The number of fused-ring (bicyclic) bond motifs is 1. The van der Waals surface area contributed by atoms with Crippen LogP contribution < -0.4 is 5.56 Å². The lowest BCUT2D eigenvalue weighted by molar-refractivity contribution is 0.160. The minimum atomic E-state index is -0.0571. The second-order valence-electron chi connectivity index (χ2n) is 9.47. The van der Waals surface area contributed by atoms with Crippen LogP contribution >= 0.6 is 0 Å². The number of aromatic amines is 1. The molecule has 3 aromatic carbocycles. The zero-order chi connectivity index (χ0) is 25.6. The topological polar surface area (TPSA) is 79.7 Å². The highest BCUT2D eigenvalue weighted by atomic mass is 16.1. The number of pyridine rings is 1. The van der Waals surface area contributed by atoms with Gasteiger partial charge in [0.05, 0.1) is 11.6 Å². The first-order valence-corrected chi connectivity index (χ1v) is 12.8. The molecule has 188 valence electrons. The van der Waals surface area contributed by atoms with Crippen molar-refractivity contribution in [2.75, 3.05) is 0 Å². The minimum Gasteiger partial charge on any atom is -0.321 e. The third-order valence-corrected chi connectivity index (χ3v) is 6.91. The molecule has 0 radical (unpaired) electrons. The molecule has 0 aliphatic heterocycles. The number of tetrazole rings is 1. The SMILES string of the molecule is CCC(c1nnnn1CCc1ccccc1)N(Cc1ccccc1)Cc1cc2cccc(C)c2[nH]c1=O. The van der Waals surface area contributed by atoms with Crippen LogP contribution in [-0.4, -0.2) is 30.1 Å². The molecule has 0 saturated heterocycles. The number of hydrogen-bond donors (Lipinski definition) is 1. The normalized spacial score (nSPS) is 12.3. The van der Waals surface area contributed by atoms with Gasteiger partial charge in [-0.1, -0.05) is 85.8 Å². The Labute approximate surface area is 216 Å². The van der Waals surface area contributed by atoms with E-state index in [1.165, 1.54) is 11.1 Å². The van der Waals surface area contributed by atoms with Crippen molar-refractivity contribution in [1.82, 2.24) is 30.1 Å². The summed E-state index contributed by atoms with van der Waals surface area (Å²) in [6.07, 6.45) is 1.65. The van der Waals surface area contributed by atoms with Crippen molar-refractivity contribution < 1.29 is 0 Å². The average Bonchev–Trinajstić information content (AvgIpc) is 3.38. The van der Waals surface area contributed by atoms with E-state index >= 15 is 0 Å². The zero-order valence-corrected chi connectivity index (χ0v) is 21.3. The van der Waals surface area contributed by atoms with Crippen LogP contribution in [0.3, 0.4) is 0 Å². The lowest BCUT2D eigenvalue weighted by atomic mass is 10.1. The molecule has 0 amide bonds. The summed E-state index contributed by atoms with van der Waals surface area (Å²) in [5.41, 5.74) is 5.05. The number of nitrogens with one attached hydrogen (secondary N) is 1. The summed E-state index contributed by atoms with van der Waals surface area (Å²) in [5.74, 6) is 0.822. The average molecular weight is 493 g/mol. The molecule has 0 fully saturated rings. The second kappa shape index (κ2) is 11.3. The van der Waals surface area contributed by atoms with Crippen molar-refractivity contribution in [2.24, 2.45) is 0 Å². The van der Waals surface area contributed by atoms with Gasteiger partial charge in [0.25, 0.3) is 5.56 Å². The van der Waals surface area contributed by atoms with Gasteiger partial charge in [-0.25, -0.2) is 4.68 Å². The molecule has 0 aliphatic carbocycles. The fraction of sp³-hybridized carbons (Fsp3) is 0.267. The van der Waals surface area contributed by atoms with Crippen molar-refractivity contribution in [3.8, 4) is 0 Å². The molecule has 5 aromatic rings. The summed E-state index contributed by atoms with van der Waals surface area (Å²) >= 11 is 0. The van der Waals surface area contributed by atoms with Gasteiger partial charge < -0.3 is 4.98 Å². The molecule has 0 saturated carbocycles. The Morgan fingerprint density at radius 1 is 0.919 bits per heavy atom. The molecule has 7 heteroatoms. The smallest absolute Gasteiger partial charge is 0.252 e. The van der Waals surface area contributed by atoms with Gasteiger partial charge in [0, 0.05) is 25.2 Å². The van der Waals surface area contributed by atoms with E-state index in [0.29, 0.717) is 19.6 Å². The third-order valence-electron chi connectivity index (χ3n) is 6.91. The zero-order valence-electron chi connectivity index (χ0n) is 21.3. The molecule has 0 spiro atoms. The van der Waals surface area contributed by atoms with E-state index in [-0.39, 0.29) is 11.6 Å². The van der Waals surface area contributed by atoms with Gasteiger partial charge in [-0.15, -0.1) is 5.10 Å². The predicted octanol–water partition coefficient (Wildman–Crippen LogP) is 5.22. The maximum atomic E-state index is 13.2. The molecular weight excluding hydrogens is 460 g/mol. The Morgan fingerprint density at radius 2 is 1.65 bits per heavy atom. The highest BCUT2D eigenvalue weighted by Gasteiger charge is 2.26. The molecular formula is C30H32N6O. The van der Waals surface area contributed by atoms with Crippen LogP contribution in [-0.2, 0) is 26.1 Å². The molecule has 1 atom stereocenters. The minimum absolute atomic E-state index is 0.0569. The highest BCUT2D eigenvalue weighted by Crippen LogP contribution is 2.27. The number of aromatic nitrogens is 5. The maximum Gasteiger partial charge on any atom is 0.252 e. The van der Waals surface area contributed by atoms with E-state index in [0.717, 1.165) is 40.7 Å². The summed E-state index contributed by atoms with van der Waals surface area (Å²) in [7, 11) is 0. The fourth-order valence-electron chi connectivity index (χ4n) is 4.95. The molecule has 1 unspecified atom stereocenters. The number of aryl methyl sites for hydroxylation is 3. The molecule has 0 aliphatic rings. The van der Waals surface area contributed by atoms with E-state index in [1.54, 1.807) is 0 Å². The predicted molar refractivity (Wildman–Crippen MR) is 146 cm³/mol. The number of rotatable bonds is 10. The largest absolute Gasteiger partial charge is 0.321 e. The summed E-state index contributed by atoms with van der Waals surface area (Å²) in [6, 6.07) is 28.8. The summed E-state index contributed by atoms with van der Waals surface area (Å²) in [4.78, 5) is 18.6. The number of H-pyrrole nitrogens is 1. The third kappa shape index (κ3) is 5.67. The van der Waals surface area contributed by atoms with Crippen molar-refractivity contribution in [1.29, 1.82) is 0 Å². The lowest BCUT2D eigenvalue weighted by Crippen LogP contribution is -2.32. The van der Waals surface area contributed by atoms with Gasteiger partial charge in [0.2, 0.25) is 0 Å². The van der Waals surface area contributed by atoms with Crippen LogP contribution in [0.25, 0.3) is 10.9 Å². The first-order valence-electron chi connectivity index (χ1n) is 12.8. The summed E-state index contributed by atoms with van der Waals surface area (Å²) < 4.78 is 1.91. The Kier molecular flexibility index (Phi) is 7.51. The molecule has 0 bridgehead atoms. The number of nitrogens with zero attached hydrogens (tertiary/aromatic N) is 5. The van der Waals surface area contributed by atoms with Crippen molar-refractivity contribution in [2.45, 2.75) is 52.4 Å². The monoisotopic (exact) mass is 492 g/mol. The Morgan fingerprint density at radius 3 is 2.38 bits per heavy atom. The quantitative estimate of drug-likeness (QED) is 0.289. The molecule has 1 N–H and O–H groups in total. The van der Waals surface area contributed by atoms with Crippen molar-refractivity contribution >= 4 is 10.9 Å². The van der Waals surface area contributed by atoms with Crippen LogP contribution in [0.5, 0.6) is 0 Å². The second-order valence-corrected chi connectivity index (χ2v) is 9.47. The number of hydrogen-bond acceptors (Lipinski definition) is 5. The van der Waals surface area contributed by atoms with Gasteiger partial charge in [-0.3, -0.25) is 9.69 Å². The molecule has 2 heterocycles. The number of para-hydroxylation sites is 1. The van der Waals surface area contributed by atoms with E-state index in [4.69, 9.17) is 0 Å². The lowest BCUT2D eigenvalue weighted by Gasteiger charge is -2.30. The first kappa shape index (κ1) is 24.6. The van der Waals surface area contributed by atoms with E-state index in [1.807, 2.05) is 60.1 Å². The standard InChI is InChI=1S/C30H32N6O/c1-3-27(29-32-33-34-36(29)18-17-23-12-6-4-7-13-23)35(20-24-14-8-5-9-15-24)21-26-19-25-16-10-11-22(2)28(25)31-30(26)37/h4-16,19,27H,3,17-18,20-21H2,1-2H3,(H,31,37). The Hall–Kier alpha value is -4.10. The number of benzene rings is 3. The van der Waals surface area contributed by atoms with Crippen LogP contribution in [0.1, 0.15) is 47.5 Å². The van der Waals surface area contributed by atoms with E-state index in [2.05, 4.69) is 68.7 Å². The van der Waals surface area contributed by atoms with Gasteiger partial charge >= 0.3 is 0 Å². The van der Waals surface area contributed by atoms with Crippen molar-refractivity contribution in [3.63, 3.8) is 0 Å². The van der Waals surface area contributed by atoms with Crippen molar-refractivity contribution in [3.05, 3.63) is 123 Å². The van der Waals surface area contributed by atoms with Crippen LogP contribution in [0.15, 0.2) is 89.7 Å². The van der Waals surface area contributed by atoms with Crippen LogP contribution in [0, 0.1) is 6.92 Å². The van der Waals surface area contributed by atoms with Crippen LogP contribution in [0.4, 0.5) is 0 Å². The Bertz CT molecular complexity index is 1510. The van der Waals surface area contributed by atoms with E-state index < -0.39 is 0 Å². The maximum absolute atomic E-state index is 13.2. The molecule has 5 rings (SSSR count). The summed E-state index contributed by atoms with van der Waals surface area (Å²) in [5, 5.41) is 13.9. The van der Waals surface area contributed by atoms with Crippen LogP contribution in [0.2, 0.25) is 0 Å². The molecule has 7 nitrogen and oxygen atoms in total. The summed E-state index contributed by atoms with van der Waals surface area (Å²) in [6.45, 7) is 6.01. The fourth-order valence-corrected chi connectivity index (χ4v) is 4.95.